The highest BCUT2D eigenvalue weighted by atomic mass is 16.6. The molecule has 136 valence electrons. The lowest BCUT2D eigenvalue weighted by atomic mass is 9.96. The predicted octanol–water partition coefficient (Wildman–Crippen LogP) is 2.86. The largest absolute Gasteiger partial charge is 0.341 e. The molecule has 26 heavy (non-hydrogen) atoms. The molecule has 0 spiro atoms. The minimum absolute atomic E-state index is 0.0954. The van der Waals surface area contributed by atoms with E-state index in [4.69, 9.17) is 0 Å². The highest BCUT2D eigenvalue weighted by Gasteiger charge is 2.27. The number of anilines is 2. The number of aryl methyl sites for hydroxylation is 2. The Hall–Kier alpha value is -3.03. The molecule has 3 rings (SSSR count). The maximum atomic E-state index is 12.5. The van der Waals surface area contributed by atoms with Crippen LogP contribution in [0.1, 0.15) is 24.2 Å². The van der Waals surface area contributed by atoms with Crippen LogP contribution in [0.2, 0.25) is 0 Å². The van der Waals surface area contributed by atoms with E-state index in [1.807, 2.05) is 19.9 Å². The first-order chi connectivity index (χ1) is 12.4. The standard InChI is InChI=1S/C18H21N5O3/c1-12-11-13(2)20-18(19-12)22-9-7-14(8-10-22)17(24)21-15-5-3-4-6-16(15)23(25)26/h3-6,11,14H,7-10H2,1-2H3,(H,21,24). The molecule has 1 fully saturated rings. The Morgan fingerprint density at radius 2 is 1.81 bits per heavy atom. The Labute approximate surface area is 151 Å². The third-order valence-corrected chi connectivity index (χ3v) is 4.48. The minimum Gasteiger partial charge on any atom is -0.341 e. The zero-order valence-corrected chi connectivity index (χ0v) is 14.8. The average molecular weight is 355 g/mol. The topological polar surface area (TPSA) is 101 Å². The molecule has 0 saturated carbocycles. The van der Waals surface area contributed by atoms with Gasteiger partial charge in [-0.2, -0.15) is 0 Å². The van der Waals surface area contributed by atoms with Crippen molar-refractivity contribution in [3.05, 3.63) is 51.8 Å². The summed E-state index contributed by atoms with van der Waals surface area (Å²) in [7, 11) is 0. The van der Waals surface area contributed by atoms with Gasteiger partial charge in [-0.15, -0.1) is 0 Å². The number of carbonyl (C=O) groups excluding carboxylic acids is 1. The number of benzene rings is 1. The summed E-state index contributed by atoms with van der Waals surface area (Å²) < 4.78 is 0. The maximum Gasteiger partial charge on any atom is 0.292 e. The molecule has 1 aromatic heterocycles. The first-order valence-corrected chi connectivity index (χ1v) is 8.55. The van der Waals surface area contributed by atoms with Crippen molar-refractivity contribution in [1.29, 1.82) is 0 Å². The van der Waals surface area contributed by atoms with Gasteiger partial charge in [0.15, 0.2) is 0 Å². The number of nitro groups is 1. The van der Waals surface area contributed by atoms with Crippen LogP contribution in [0.5, 0.6) is 0 Å². The smallest absolute Gasteiger partial charge is 0.292 e. The molecule has 0 radical (unpaired) electrons. The van der Waals surface area contributed by atoms with Crippen molar-refractivity contribution in [2.75, 3.05) is 23.3 Å². The summed E-state index contributed by atoms with van der Waals surface area (Å²) in [5.74, 6) is 0.331. The lowest BCUT2D eigenvalue weighted by Crippen LogP contribution is -2.39. The van der Waals surface area contributed by atoms with Gasteiger partial charge in [0.1, 0.15) is 5.69 Å². The number of hydrogen-bond donors (Lipinski definition) is 1. The monoisotopic (exact) mass is 355 g/mol. The van der Waals surface area contributed by atoms with Gasteiger partial charge in [-0.05, 0) is 38.8 Å². The number of amides is 1. The van der Waals surface area contributed by atoms with Crippen LogP contribution in [-0.2, 0) is 4.79 Å². The molecule has 0 aliphatic carbocycles. The van der Waals surface area contributed by atoms with Gasteiger partial charge in [0, 0.05) is 36.5 Å². The fraction of sp³-hybridized carbons (Fsp3) is 0.389. The van der Waals surface area contributed by atoms with Gasteiger partial charge in [-0.1, -0.05) is 12.1 Å². The molecule has 0 bridgehead atoms. The summed E-state index contributed by atoms with van der Waals surface area (Å²) in [5, 5.41) is 13.8. The number of nitrogens with zero attached hydrogens (tertiary/aromatic N) is 4. The summed E-state index contributed by atoms with van der Waals surface area (Å²) in [6.45, 7) is 5.23. The highest BCUT2D eigenvalue weighted by molar-refractivity contribution is 5.94. The first-order valence-electron chi connectivity index (χ1n) is 8.55. The Balaban J connectivity index is 1.63. The molecule has 1 aliphatic heterocycles. The average Bonchev–Trinajstić information content (AvgIpc) is 2.61. The number of carbonyl (C=O) groups is 1. The fourth-order valence-electron chi connectivity index (χ4n) is 3.16. The van der Waals surface area contributed by atoms with Gasteiger partial charge in [0.05, 0.1) is 4.92 Å². The predicted molar refractivity (Wildman–Crippen MR) is 98.2 cm³/mol. The molecule has 1 aromatic carbocycles. The SMILES string of the molecule is Cc1cc(C)nc(N2CCC(C(=O)Nc3ccccc3[N+](=O)[O-])CC2)n1. The molecule has 0 unspecified atom stereocenters. The van der Waals surface area contributed by atoms with Crippen molar-refractivity contribution < 1.29 is 9.72 Å². The maximum absolute atomic E-state index is 12.5. The number of rotatable bonds is 4. The Kier molecular flexibility index (Phi) is 5.11. The van der Waals surface area contributed by atoms with E-state index in [-0.39, 0.29) is 23.2 Å². The van der Waals surface area contributed by atoms with Crippen LogP contribution in [0, 0.1) is 29.9 Å². The van der Waals surface area contributed by atoms with Crippen molar-refractivity contribution in [1.82, 2.24) is 9.97 Å². The van der Waals surface area contributed by atoms with Gasteiger partial charge in [-0.3, -0.25) is 14.9 Å². The summed E-state index contributed by atoms with van der Waals surface area (Å²) in [5.41, 5.74) is 1.98. The highest BCUT2D eigenvalue weighted by Crippen LogP contribution is 2.26. The molecule has 2 aromatic rings. The van der Waals surface area contributed by atoms with Crippen molar-refractivity contribution in [3.8, 4) is 0 Å². The van der Waals surface area contributed by atoms with Crippen molar-refractivity contribution >= 4 is 23.2 Å². The van der Waals surface area contributed by atoms with E-state index in [1.165, 1.54) is 6.07 Å². The van der Waals surface area contributed by atoms with E-state index in [0.29, 0.717) is 31.9 Å². The molecule has 1 amide bonds. The summed E-state index contributed by atoms with van der Waals surface area (Å²) in [4.78, 5) is 34.1. The zero-order chi connectivity index (χ0) is 18.7. The number of para-hydroxylation sites is 2. The minimum atomic E-state index is -0.490. The van der Waals surface area contributed by atoms with Crippen LogP contribution in [0.15, 0.2) is 30.3 Å². The van der Waals surface area contributed by atoms with Crippen LogP contribution >= 0.6 is 0 Å². The first kappa shape index (κ1) is 17.8. The fourth-order valence-corrected chi connectivity index (χ4v) is 3.16. The van der Waals surface area contributed by atoms with Crippen molar-refractivity contribution in [2.45, 2.75) is 26.7 Å². The number of nitrogens with one attached hydrogen (secondary N) is 1. The van der Waals surface area contributed by atoms with E-state index in [9.17, 15) is 14.9 Å². The van der Waals surface area contributed by atoms with Gasteiger partial charge >= 0.3 is 0 Å². The third kappa shape index (κ3) is 3.96. The summed E-state index contributed by atoms with van der Waals surface area (Å²) >= 11 is 0. The number of piperidine rings is 1. The summed E-state index contributed by atoms with van der Waals surface area (Å²) in [6, 6.07) is 8.11. The van der Waals surface area contributed by atoms with Crippen LogP contribution < -0.4 is 10.2 Å². The molecule has 8 heteroatoms. The Morgan fingerprint density at radius 3 is 2.42 bits per heavy atom. The van der Waals surface area contributed by atoms with E-state index in [2.05, 4.69) is 20.2 Å². The molecule has 2 heterocycles. The molecule has 0 atom stereocenters. The molecule has 1 aliphatic rings. The van der Waals surface area contributed by atoms with Gasteiger partial charge in [0.2, 0.25) is 11.9 Å². The van der Waals surface area contributed by atoms with Gasteiger partial charge < -0.3 is 10.2 Å². The van der Waals surface area contributed by atoms with Gasteiger partial charge in [-0.25, -0.2) is 9.97 Å². The lowest BCUT2D eigenvalue weighted by molar-refractivity contribution is -0.383. The second kappa shape index (κ2) is 7.47. The molecule has 8 nitrogen and oxygen atoms in total. The van der Waals surface area contributed by atoms with Crippen LogP contribution in [0.25, 0.3) is 0 Å². The van der Waals surface area contributed by atoms with E-state index in [0.717, 1.165) is 11.4 Å². The summed E-state index contributed by atoms with van der Waals surface area (Å²) in [6.07, 6.45) is 1.31. The van der Waals surface area contributed by atoms with E-state index in [1.54, 1.807) is 18.2 Å². The quantitative estimate of drug-likeness (QED) is 0.668. The second-order valence-electron chi connectivity index (χ2n) is 6.48. The number of hydrogen-bond acceptors (Lipinski definition) is 6. The van der Waals surface area contributed by atoms with E-state index < -0.39 is 4.92 Å². The number of aromatic nitrogens is 2. The molecular weight excluding hydrogens is 334 g/mol. The molecule has 1 saturated heterocycles. The normalized spacial score (nSPS) is 14.9. The lowest BCUT2D eigenvalue weighted by Gasteiger charge is -2.31. The third-order valence-electron chi connectivity index (χ3n) is 4.48. The number of nitro benzene ring substituents is 1. The van der Waals surface area contributed by atoms with Crippen LogP contribution in [0.3, 0.4) is 0 Å². The molecule has 1 N–H and O–H groups in total. The Morgan fingerprint density at radius 1 is 1.19 bits per heavy atom. The van der Waals surface area contributed by atoms with Gasteiger partial charge in [0.25, 0.3) is 5.69 Å². The zero-order valence-electron chi connectivity index (χ0n) is 14.8. The van der Waals surface area contributed by atoms with Crippen LogP contribution in [-0.4, -0.2) is 33.9 Å². The second-order valence-corrected chi connectivity index (χ2v) is 6.48. The van der Waals surface area contributed by atoms with E-state index >= 15 is 0 Å². The van der Waals surface area contributed by atoms with Crippen molar-refractivity contribution in [2.24, 2.45) is 5.92 Å². The van der Waals surface area contributed by atoms with Crippen molar-refractivity contribution in [3.63, 3.8) is 0 Å². The molecular formula is C18H21N5O3. The van der Waals surface area contributed by atoms with Crippen LogP contribution in [0.4, 0.5) is 17.3 Å². The Bertz CT molecular complexity index is 811.